The highest BCUT2D eigenvalue weighted by Gasteiger charge is 2.25. The number of benzene rings is 2. The molecule has 2 heterocycles. The van der Waals surface area contributed by atoms with E-state index in [1.807, 2.05) is 30.3 Å². The van der Waals surface area contributed by atoms with E-state index in [0.717, 1.165) is 12.0 Å². The van der Waals surface area contributed by atoms with Gasteiger partial charge in [-0.05, 0) is 24.1 Å². The Bertz CT molecular complexity index is 1220. The van der Waals surface area contributed by atoms with E-state index in [-0.39, 0.29) is 41.9 Å². The fourth-order valence-corrected chi connectivity index (χ4v) is 3.92. The van der Waals surface area contributed by atoms with Crippen LogP contribution in [0.25, 0.3) is 10.8 Å². The number of H-pyrrole nitrogens is 1. The molecule has 31 heavy (non-hydrogen) atoms. The van der Waals surface area contributed by atoms with E-state index in [0.29, 0.717) is 30.3 Å². The molecule has 0 radical (unpaired) electrons. The zero-order valence-electron chi connectivity index (χ0n) is 17.0. The van der Waals surface area contributed by atoms with Gasteiger partial charge in [0.15, 0.2) is 0 Å². The summed E-state index contributed by atoms with van der Waals surface area (Å²) in [6, 6.07) is 15.7. The van der Waals surface area contributed by atoms with Crippen molar-refractivity contribution in [1.82, 2.24) is 20.0 Å². The molecule has 0 saturated carbocycles. The van der Waals surface area contributed by atoms with E-state index in [1.165, 1.54) is 4.68 Å². The van der Waals surface area contributed by atoms with Crippen LogP contribution in [-0.4, -0.2) is 39.6 Å². The third-order valence-corrected chi connectivity index (χ3v) is 5.56. The summed E-state index contributed by atoms with van der Waals surface area (Å²) in [5.41, 5.74) is 0.197. The number of aryl methyl sites for hydroxylation is 1. The van der Waals surface area contributed by atoms with Gasteiger partial charge in [0.1, 0.15) is 0 Å². The Balaban J connectivity index is 1.47. The van der Waals surface area contributed by atoms with E-state index in [1.54, 1.807) is 29.2 Å². The second-order valence-electron chi connectivity index (χ2n) is 7.67. The highest BCUT2D eigenvalue weighted by Crippen LogP contribution is 2.18. The van der Waals surface area contributed by atoms with E-state index in [2.05, 4.69) is 10.4 Å². The minimum absolute atomic E-state index is 0.0193. The smallest absolute Gasteiger partial charge is 0.273 e. The number of rotatable bonds is 7. The van der Waals surface area contributed by atoms with Crippen molar-refractivity contribution in [2.24, 2.45) is 0 Å². The SMILES string of the molecule is O=C(CCn1[nH]c(=O)c2ccccc2c1=O)NC(CN1CCCC1=O)c1ccccc1. The van der Waals surface area contributed by atoms with Crippen LogP contribution in [0.15, 0.2) is 64.2 Å². The summed E-state index contributed by atoms with van der Waals surface area (Å²) in [4.78, 5) is 51.4. The third-order valence-electron chi connectivity index (χ3n) is 5.56. The van der Waals surface area contributed by atoms with Gasteiger partial charge in [-0.25, -0.2) is 4.68 Å². The van der Waals surface area contributed by atoms with Crippen molar-refractivity contribution in [2.45, 2.75) is 31.8 Å². The lowest BCUT2D eigenvalue weighted by Gasteiger charge is -2.25. The third kappa shape index (κ3) is 4.58. The maximum Gasteiger partial charge on any atom is 0.273 e. The molecular weight excluding hydrogens is 396 g/mol. The number of carbonyl (C=O) groups excluding carboxylic acids is 2. The quantitative estimate of drug-likeness (QED) is 0.605. The molecule has 8 heteroatoms. The zero-order chi connectivity index (χ0) is 21.8. The van der Waals surface area contributed by atoms with Crippen molar-refractivity contribution in [1.29, 1.82) is 0 Å². The molecular formula is C23H24N4O4. The van der Waals surface area contributed by atoms with Crippen LogP contribution in [0.4, 0.5) is 0 Å². The Hall–Kier alpha value is -3.68. The van der Waals surface area contributed by atoms with Crippen LogP contribution in [0.3, 0.4) is 0 Å². The Morgan fingerprint density at radius 3 is 2.42 bits per heavy atom. The highest BCUT2D eigenvalue weighted by atomic mass is 16.2. The standard InChI is InChI=1S/C23H24N4O4/c28-20(12-14-27-23(31)18-10-5-4-9-17(18)22(30)25-27)24-19(16-7-2-1-3-8-16)15-26-13-6-11-21(26)29/h1-5,7-10,19H,6,11-15H2,(H,24,28)(H,25,30). The predicted octanol–water partition coefficient (Wildman–Crippen LogP) is 1.56. The monoisotopic (exact) mass is 420 g/mol. The molecule has 0 aliphatic carbocycles. The van der Waals surface area contributed by atoms with Crippen LogP contribution >= 0.6 is 0 Å². The fourth-order valence-electron chi connectivity index (χ4n) is 3.92. The lowest BCUT2D eigenvalue weighted by molar-refractivity contribution is -0.129. The molecule has 1 aromatic heterocycles. The molecule has 2 amide bonds. The number of likely N-dealkylation sites (tertiary alicyclic amines) is 1. The minimum Gasteiger partial charge on any atom is -0.347 e. The number of carbonyl (C=O) groups is 2. The predicted molar refractivity (Wildman–Crippen MR) is 117 cm³/mol. The van der Waals surface area contributed by atoms with Crippen LogP contribution in [0, 0.1) is 0 Å². The lowest BCUT2D eigenvalue weighted by Crippen LogP contribution is -2.39. The highest BCUT2D eigenvalue weighted by molar-refractivity contribution is 5.80. The van der Waals surface area contributed by atoms with Gasteiger partial charge in [0, 0.05) is 25.9 Å². The van der Waals surface area contributed by atoms with E-state index in [4.69, 9.17) is 0 Å². The average Bonchev–Trinajstić information content (AvgIpc) is 3.20. The molecule has 1 atom stereocenters. The Morgan fingerprint density at radius 1 is 1.00 bits per heavy atom. The van der Waals surface area contributed by atoms with Crippen molar-refractivity contribution in [3.8, 4) is 0 Å². The van der Waals surface area contributed by atoms with Gasteiger partial charge < -0.3 is 10.2 Å². The lowest BCUT2D eigenvalue weighted by atomic mass is 10.1. The first-order valence-electron chi connectivity index (χ1n) is 10.4. The van der Waals surface area contributed by atoms with Crippen molar-refractivity contribution < 1.29 is 9.59 Å². The first-order chi connectivity index (χ1) is 15.0. The van der Waals surface area contributed by atoms with Gasteiger partial charge in [0.2, 0.25) is 11.8 Å². The van der Waals surface area contributed by atoms with Gasteiger partial charge >= 0.3 is 0 Å². The molecule has 2 N–H and O–H groups in total. The molecule has 3 aromatic rings. The first-order valence-corrected chi connectivity index (χ1v) is 10.4. The minimum atomic E-state index is -0.370. The molecule has 1 aliphatic rings. The molecule has 0 bridgehead atoms. The number of amides is 2. The zero-order valence-corrected chi connectivity index (χ0v) is 17.0. The van der Waals surface area contributed by atoms with Crippen LogP contribution < -0.4 is 16.4 Å². The largest absolute Gasteiger partial charge is 0.347 e. The van der Waals surface area contributed by atoms with Crippen molar-refractivity contribution in [2.75, 3.05) is 13.1 Å². The topological polar surface area (TPSA) is 104 Å². The van der Waals surface area contributed by atoms with Crippen molar-refractivity contribution in [3.63, 3.8) is 0 Å². The molecule has 0 spiro atoms. The Kier molecular flexibility index (Phi) is 5.97. The second-order valence-corrected chi connectivity index (χ2v) is 7.67. The number of nitrogens with one attached hydrogen (secondary N) is 2. The van der Waals surface area contributed by atoms with Crippen LogP contribution in [0.2, 0.25) is 0 Å². The number of aromatic amines is 1. The summed E-state index contributed by atoms with van der Waals surface area (Å²) in [6.45, 7) is 1.14. The van der Waals surface area contributed by atoms with Gasteiger partial charge in [-0.2, -0.15) is 0 Å². The fraction of sp³-hybridized carbons (Fsp3) is 0.304. The van der Waals surface area contributed by atoms with Crippen LogP contribution in [-0.2, 0) is 16.1 Å². The van der Waals surface area contributed by atoms with Gasteiger partial charge in [-0.1, -0.05) is 42.5 Å². The molecule has 8 nitrogen and oxygen atoms in total. The van der Waals surface area contributed by atoms with Gasteiger partial charge in [-0.3, -0.25) is 24.3 Å². The van der Waals surface area contributed by atoms with Gasteiger partial charge in [0.25, 0.3) is 11.1 Å². The molecule has 1 fully saturated rings. The molecule has 1 aliphatic heterocycles. The Morgan fingerprint density at radius 2 is 1.71 bits per heavy atom. The molecule has 2 aromatic carbocycles. The first kappa shape index (κ1) is 20.6. The Labute approximate surface area is 178 Å². The summed E-state index contributed by atoms with van der Waals surface area (Å²) in [7, 11) is 0. The van der Waals surface area contributed by atoms with E-state index >= 15 is 0 Å². The summed E-state index contributed by atoms with van der Waals surface area (Å²) in [5, 5.41) is 6.17. The van der Waals surface area contributed by atoms with Gasteiger partial charge in [-0.15, -0.1) is 0 Å². The van der Waals surface area contributed by atoms with Crippen molar-refractivity contribution >= 4 is 22.6 Å². The molecule has 4 rings (SSSR count). The summed E-state index contributed by atoms with van der Waals surface area (Å²) < 4.78 is 1.17. The number of aromatic nitrogens is 2. The van der Waals surface area contributed by atoms with Crippen molar-refractivity contribution in [3.05, 3.63) is 80.9 Å². The molecule has 1 saturated heterocycles. The maximum absolute atomic E-state index is 12.7. The number of nitrogens with zero attached hydrogens (tertiary/aromatic N) is 2. The number of hydrogen-bond donors (Lipinski definition) is 2. The van der Waals surface area contributed by atoms with Gasteiger partial charge in [0.05, 0.1) is 23.4 Å². The summed E-state index contributed by atoms with van der Waals surface area (Å²) in [5.74, 6) is -0.170. The molecule has 160 valence electrons. The molecule has 1 unspecified atom stereocenters. The maximum atomic E-state index is 12.7. The summed E-state index contributed by atoms with van der Waals surface area (Å²) in [6.07, 6.45) is 1.38. The van der Waals surface area contributed by atoms with Crippen LogP contribution in [0.1, 0.15) is 30.9 Å². The van der Waals surface area contributed by atoms with E-state index < -0.39 is 0 Å². The summed E-state index contributed by atoms with van der Waals surface area (Å²) >= 11 is 0. The second kappa shape index (κ2) is 8.99. The number of hydrogen-bond acceptors (Lipinski definition) is 4. The van der Waals surface area contributed by atoms with Crippen LogP contribution in [0.5, 0.6) is 0 Å². The van der Waals surface area contributed by atoms with E-state index in [9.17, 15) is 19.2 Å². The normalized spacial score (nSPS) is 14.7. The number of fused-ring (bicyclic) bond motifs is 1. The average molecular weight is 420 g/mol.